The third kappa shape index (κ3) is 7.66. The molecule has 1 saturated heterocycles. The van der Waals surface area contributed by atoms with Gasteiger partial charge in [-0.15, -0.1) is 0 Å². The highest BCUT2D eigenvalue weighted by Crippen LogP contribution is 2.72. The number of piperazine rings is 1. The number of benzene rings is 2. The number of halogens is 7. The molecule has 2 fully saturated rings. The highest BCUT2D eigenvalue weighted by Gasteiger charge is 2.75. The molecule has 4 aromatic heterocycles. The van der Waals surface area contributed by atoms with Crippen molar-refractivity contribution < 1.29 is 43.9 Å². The summed E-state index contributed by atoms with van der Waals surface area (Å²) in [6, 6.07) is 8.60. The Kier molecular flexibility index (Phi) is 10.1. The number of carbonyl (C=O) groups excluding carboxylic acids is 1. The number of anilines is 2. The monoisotopic (exact) mass is 918 g/mol. The second kappa shape index (κ2) is 14.9. The molecule has 0 spiro atoms. The Bertz CT molecular complexity index is 2920. The fourth-order valence-electron chi connectivity index (χ4n) is 9.26. The molecule has 1 aliphatic heterocycles. The SMILES string of the molecule is CC(C)N1CCN(c2nc3nc([C@H](Cc4cc(F)cc(F)c4)NC(=O)Cn4nc(C(F)(F)F)c5c4C(F)(F)[C@@H]4C[C@@]54C)c(-c4cccc5c(NS(C)(=O)=O)nn(C)c45)cc3s2)CC1. The van der Waals surface area contributed by atoms with E-state index in [0.717, 1.165) is 31.5 Å². The molecule has 2 aromatic carbocycles. The molecular formula is C41H41F7N10O3S2. The number of rotatable bonds is 11. The molecule has 1 saturated carbocycles. The van der Waals surface area contributed by atoms with Crippen LogP contribution in [0, 0.1) is 17.6 Å². The molecule has 3 atom stereocenters. The molecule has 22 heteroatoms. The quantitative estimate of drug-likeness (QED) is 0.130. The van der Waals surface area contributed by atoms with E-state index in [-0.39, 0.29) is 35.6 Å². The lowest BCUT2D eigenvalue weighted by Gasteiger charge is -2.36. The second-order valence-electron chi connectivity index (χ2n) is 17.0. The van der Waals surface area contributed by atoms with Gasteiger partial charge in [0.25, 0.3) is 5.92 Å². The predicted molar refractivity (Wildman–Crippen MR) is 222 cm³/mol. The van der Waals surface area contributed by atoms with Crippen LogP contribution in [-0.4, -0.2) is 87.2 Å². The Morgan fingerprint density at radius 1 is 1.00 bits per heavy atom. The van der Waals surface area contributed by atoms with Gasteiger partial charge in [0.2, 0.25) is 15.9 Å². The van der Waals surface area contributed by atoms with Crippen molar-refractivity contribution in [3.05, 3.63) is 82.3 Å². The van der Waals surface area contributed by atoms with Gasteiger partial charge in [-0.3, -0.25) is 23.8 Å². The number of nitrogens with one attached hydrogen (secondary N) is 2. The number of para-hydroxylation sites is 1. The van der Waals surface area contributed by atoms with Crippen LogP contribution in [0.3, 0.4) is 0 Å². The van der Waals surface area contributed by atoms with Crippen molar-refractivity contribution in [1.82, 2.24) is 39.7 Å². The van der Waals surface area contributed by atoms with Crippen LogP contribution >= 0.6 is 11.3 Å². The molecule has 13 nitrogen and oxygen atoms in total. The van der Waals surface area contributed by atoms with E-state index < -0.39 is 80.5 Å². The number of aromatic nitrogens is 6. The molecule has 6 aromatic rings. The van der Waals surface area contributed by atoms with E-state index in [2.05, 4.69) is 43.9 Å². The molecule has 1 amide bonds. The molecule has 9 rings (SSSR count). The van der Waals surface area contributed by atoms with Crippen LogP contribution in [0.1, 0.15) is 61.4 Å². The van der Waals surface area contributed by atoms with Gasteiger partial charge in [-0.1, -0.05) is 30.4 Å². The average molecular weight is 919 g/mol. The summed E-state index contributed by atoms with van der Waals surface area (Å²) in [5.41, 5.74) is -2.87. The number of amides is 1. The maximum atomic E-state index is 15.8. The standard InChI is InChI=1S/C41H41F7N10O3S2/c1-20(2)56-9-11-57(12-10-56)38-51-37-28(62-38)17-26(24-7-6-8-25-33(24)55(4)53-36(25)54-63(5,60)61)32(50-37)27(15-21-13-22(42)16-23(43)14-21)49-30(59)19-58-35-31(34(52-58)41(46,47)48)39(3)18-29(39)40(35,44)45/h6-8,13-14,16-17,20,27,29H,9-12,15,18-19H2,1-5H3,(H,49,59)(H,53,54)/t27-,29+,39+/m0/s1. The number of fused-ring (bicyclic) bond motifs is 5. The first-order chi connectivity index (χ1) is 29.5. The van der Waals surface area contributed by atoms with E-state index in [9.17, 15) is 35.2 Å². The lowest BCUT2D eigenvalue weighted by Crippen LogP contribution is -2.48. The second-order valence-corrected chi connectivity index (χ2v) is 19.8. The van der Waals surface area contributed by atoms with Gasteiger partial charge in [0.1, 0.15) is 23.9 Å². The Morgan fingerprint density at radius 2 is 1.70 bits per heavy atom. The van der Waals surface area contributed by atoms with Crippen LogP contribution < -0.4 is 14.9 Å². The maximum absolute atomic E-state index is 15.8. The van der Waals surface area contributed by atoms with E-state index in [4.69, 9.17) is 9.97 Å². The van der Waals surface area contributed by atoms with E-state index in [1.54, 1.807) is 31.3 Å². The van der Waals surface area contributed by atoms with Crippen molar-refractivity contribution in [2.24, 2.45) is 13.0 Å². The van der Waals surface area contributed by atoms with Crippen LogP contribution in [0.25, 0.3) is 32.4 Å². The minimum atomic E-state index is -5.08. The van der Waals surface area contributed by atoms with Gasteiger partial charge in [-0.25, -0.2) is 22.2 Å². The van der Waals surface area contributed by atoms with Crippen molar-refractivity contribution in [3.8, 4) is 11.1 Å². The minimum absolute atomic E-state index is 0.0291. The first-order valence-electron chi connectivity index (χ1n) is 20.1. The number of alkyl halides is 5. The Balaban J connectivity index is 1.19. The van der Waals surface area contributed by atoms with Crippen LogP contribution in [0.15, 0.2) is 42.5 Å². The first-order valence-corrected chi connectivity index (χ1v) is 22.8. The molecule has 63 heavy (non-hydrogen) atoms. The minimum Gasteiger partial charge on any atom is -0.346 e. The molecule has 0 unspecified atom stereocenters. The van der Waals surface area contributed by atoms with Crippen LogP contribution in [0.5, 0.6) is 0 Å². The molecule has 5 heterocycles. The fourth-order valence-corrected chi connectivity index (χ4v) is 10.8. The van der Waals surface area contributed by atoms with Crippen LogP contribution in [0.4, 0.5) is 41.7 Å². The van der Waals surface area contributed by atoms with E-state index in [1.165, 1.54) is 22.9 Å². The topological polar surface area (TPSA) is 143 Å². The Hall–Kier alpha value is -5.35. The molecule has 2 aliphatic carbocycles. The van der Waals surface area contributed by atoms with Crippen molar-refractivity contribution in [2.45, 2.75) is 69.8 Å². The highest BCUT2D eigenvalue weighted by atomic mass is 32.2. The number of thiazole rings is 1. The smallest absolute Gasteiger partial charge is 0.346 e. The van der Waals surface area contributed by atoms with E-state index in [0.29, 0.717) is 61.7 Å². The first kappa shape index (κ1) is 42.9. The number of hydrogen-bond acceptors (Lipinski definition) is 10. The summed E-state index contributed by atoms with van der Waals surface area (Å²) in [5.74, 6) is -7.94. The van der Waals surface area contributed by atoms with Gasteiger partial charge >= 0.3 is 6.18 Å². The lowest BCUT2D eigenvalue weighted by molar-refractivity contribution is -0.142. The molecular weight excluding hydrogens is 878 g/mol. The van der Waals surface area contributed by atoms with Crippen molar-refractivity contribution >= 4 is 59.5 Å². The Labute approximate surface area is 360 Å². The average Bonchev–Trinajstić information content (AvgIpc) is 3.45. The summed E-state index contributed by atoms with van der Waals surface area (Å²) in [4.78, 5) is 28.5. The Morgan fingerprint density at radius 3 is 2.35 bits per heavy atom. The summed E-state index contributed by atoms with van der Waals surface area (Å²) in [5, 5.41) is 11.8. The van der Waals surface area contributed by atoms with E-state index >= 15 is 8.78 Å². The van der Waals surface area contributed by atoms with Gasteiger partial charge in [-0.05, 0) is 56.5 Å². The predicted octanol–water partition coefficient (Wildman–Crippen LogP) is 7.12. The number of carbonyl (C=O) groups is 1. The van der Waals surface area contributed by atoms with Gasteiger partial charge in [0.15, 0.2) is 22.3 Å². The molecule has 3 aliphatic rings. The molecule has 2 N–H and O–H groups in total. The molecule has 0 radical (unpaired) electrons. The van der Waals surface area contributed by atoms with Crippen molar-refractivity contribution in [3.63, 3.8) is 0 Å². The zero-order chi connectivity index (χ0) is 45.1. The third-order valence-electron chi connectivity index (χ3n) is 12.3. The number of sulfonamides is 1. The lowest BCUT2D eigenvalue weighted by atomic mass is 9.94. The van der Waals surface area contributed by atoms with E-state index in [1.807, 2.05) is 0 Å². The normalized spacial score (nSPS) is 20.4. The summed E-state index contributed by atoms with van der Waals surface area (Å²) in [6.45, 7) is 7.45. The number of nitrogens with zero attached hydrogens (tertiary/aromatic N) is 8. The van der Waals surface area contributed by atoms with Gasteiger partial charge < -0.3 is 10.2 Å². The summed E-state index contributed by atoms with van der Waals surface area (Å²) >= 11 is 1.37. The fraction of sp³-hybridized carbons (Fsp3) is 0.439. The van der Waals surface area contributed by atoms with Crippen molar-refractivity contribution in [1.29, 1.82) is 0 Å². The zero-order valence-corrected chi connectivity index (χ0v) is 36.1. The third-order valence-corrected chi connectivity index (χ3v) is 13.9. The van der Waals surface area contributed by atoms with Gasteiger partial charge in [0, 0.05) is 78.7 Å². The summed E-state index contributed by atoms with van der Waals surface area (Å²) in [6.07, 6.45) is -4.60. The molecule has 334 valence electrons. The number of pyridine rings is 1. The molecule has 0 bridgehead atoms. The maximum Gasteiger partial charge on any atom is 0.435 e. The summed E-state index contributed by atoms with van der Waals surface area (Å²) in [7, 11) is -2.18. The van der Waals surface area contributed by atoms with Crippen molar-refractivity contribution in [2.75, 3.05) is 42.1 Å². The zero-order valence-electron chi connectivity index (χ0n) is 34.5. The largest absolute Gasteiger partial charge is 0.435 e. The number of aryl methyl sites for hydroxylation is 1. The number of hydrogen-bond donors (Lipinski definition) is 2. The summed E-state index contributed by atoms with van der Waals surface area (Å²) < 4.78 is 134. The highest BCUT2D eigenvalue weighted by molar-refractivity contribution is 7.92. The van der Waals surface area contributed by atoms with Crippen LogP contribution in [-0.2, 0) is 52.3 Å². The van der Waals surface area contributed by atoms with Crippen LogP contribution in [0.2, 0.25) is 0 Å². The van der Waals surface area contributed by atoms with Gasteiger partial charge in [0.05, 0.1) is 28.2 Å². The van der Waals surface area contributed by atoms with Gasteiger partial charge in [-0.2, -0.15) is 37.1 Å².